The van der Waals surface area contributed by atoms with Crippen molar-refractivity contribution in [1.29, 1.82) is 0 Å². The fourth-order valence-electron chi connectivity index (χ4n) is 4.30. The van der Waals surface area contributed by atoms with Crippen LogP contribution in [0.5, 0.6) is 5.75 Å². The summed E-state index contributed by atoms with van der Waals surface area (Å²) in [6.07, 6.45) is -1.21. The molecule has 2 amide bonds. The fraction of sp³-hybridized carbons (Fsp3) is 0.667. The number of ether oxygens (including phenoxy) is 1. The van der Waals surface area contributed by atoms with Crippen molar-refractivity contribution in [2.24, 2.45) is 5.92 Å². The van der Waals surface area contributed by atoms with Crippen molar-refractivity contribution in [3.05, 3.63) is 29.8 Å². The summed E-state index contributed by atoms with van der Waals surface area (Å²) in [7, 11) is 1.63. The van der Waals surface area contributed by atoms with E-state index >= 15 is 0 Å². The highest BCUT2D eigenvalue weighted by Crippen LogP contribution is 2.26. The Bertz CT molecular complexity index is 678. The number of carbonyl (C=O) groups excluding carboxylic acids is 1. The van der Waals surface area contributed by atoms with Crippen LogP contribution in [0.4, 0.5) is 18.0 Å². The number of benzene rings is 1. The Morgan fingerprint density at radius 3 is 2.50 bits per heavy atom. The molecule has 0 saturated carbocycles. The molecule has 0 aromatic heterocycles. The van der Waals surface area contributed by atoms with Crippen molar-refractivity contribution >= 4 is 6.03 Å². The molecule has 0 bridgehead atoms. The van der Waals surface area contributed by atoms with Gasteiger partial charge in [-0.15, -0.1) is 0 Å². The van der Waals surface area contributed by atoms with E-state index in [0.29, 0.717) is 32.6 Å². The van der Waals surface area contributed by atoms with Gasteiger partial charge in [0.25, 0.3) is 0 Å². The van der Waals surface area contributed by atoms with E-state index in [1.54, 1.807) is 7.11 Å². The quantitative estimate of drug-likeness (QED) is 0.669. The number of carbonyl (C=O) groups is 1. The number of likely N-dealkylation sites (tertiary alicyclic amines) is 2. The summed E-state index contributed by atoms with van der Waals surface area (Å²) in [6.45, 7) is 2.76. The lowest BCUT2D eigenvalue weighted by Gasteiger charge is -2.28. The molecule has 0 aliphatic carbocycles. The Labute approximate surface area is 175 Å². The zero-order valence-corrected chi connectivity index (χ0v) is 17.4. The first-order valence-electron chi connectivity index (χ1n) is 10.5. The van der Waals surface area contributed by atoms with Crippen molar-refractivity contribution in [3.8, 4) is 5.75 Å². The first kappa shape index (κ1) is 22.7. The molecule has 2 atom stereocenters. The molecule has 9 heteroatoms. The Balaban J connectivity index is 1.46. The largest absolute Gasteiger partial charge is 0.497 e. The van der Waals surface area contributed by atoms with Crippen LogP contribution in [0.15, 0.2) is 24.3 Å². The zero-order valence-electron chi connectivity index (χ0n) is 17.4. The van der Waals surface area contributed by atoms with Gasteiger partial charge in [-0.2, -0.15) is 13.2 Å². The smallest absolute Gasteiger partial charge is 0.401 e. The predicted molar refractivity (Wildman–Crippen MR) is 109 cm³/mol. The molecule has 2 aliphatic heterocycles. The molecular formula is C21H31F3N4O2. The number of amides is 2. The Morgan fingerprint density at radius 2 is 1.87 bits per heavy atom. The van der Waals surface area contributed by atoms with Gasteiger partial charge in [-0.3, -0.25) is 9.80 Å². The van der Waals surface area contributed by atoms with Crippen LogP contribution in [0.3, 0.4) is 0 Å². The number of hydrogen-bond donors (Lipinski definition) is 2. The fourth-order valence-corrected chi connectivity index (χ4v) is 4.30. The Kier molecular flexibility index (Phi) is 7.82. The van der Waals surface area contributed by atoms with Gasteiger partial charge in [0.2, 0.25) is 0 Å². The second kappa shape index (κ2) is 10.3. The Hall–Kier alpha value is -2.00. The lowest BCUT2D eigenvalue weighted by Crippen LogP contribution is -2.43. The first-order valence-corrected chi connectivity index (χ1v) is 10.5. The van der Waals surface area contributed by atoms with Crippen molar-refractivity contribution in [1.82, 2.24) is 20.4 Å². The maximum absolute atomic E-state index is 12.5. The van der Waals surface area contributed by atoms with E-state index in [2.05, 4.69) is 15.5 Å². The molecule has 1 aromatic rings. The van der Waals surface area contributed by atoms with Gasteiger partial charge in [0.05, 0.1) is 19.7 Å². The molecule has 2 fully saturated rings. The molecule has 0 spiro atoms. The number of hydrogen-bond acceptors (Lipinski definition) is 4. The number of rotatable bonds is 8. The second-order valence-electron chi connectivity index (χ2n) is 8.13. The highest BCUT2D eigenvalue weighted by molar-refractivity contribution is 5.73. The average Bonchev–Trinajstić information content (AvgIpc) is 3.38. The van der Waals surface area contributed by atoms with E-state index in [0.717, 1.165) is 37.2 Å². The molecule has 1 aromatic carbocycles. The third-order valence-electron chi connectivity index (χ3n) is 5.86. The molecule has 6 nitrogen and oxygen atoms in total. The summed E-state index contributed by atoms with van der Waals surface area (Å²) >= 11 is 0. The molecule has 30 heavy (non-hydrogen) atoms. The van der Waals surface area contributed by atoms with Gasteiger partial charge in [0, 0.05) is 19.6 Å². The van der Waals surface area contributed by atoms with Crippen molar-refractivity contribution in [3.63, 3.8) is 0 Å². The van der Waals surface area contributed by atoms with Gasteiger partial charge >= 0.3 is 12.2 Å². The molecule has 2 saturated heterocycles. The lowest BCUT2D eigenvalue weighted by molar-refractivity contribution is -0.143. The number of halogens is 3. The van der Waals surface area contributed by atoms with Gasteiger partial charge in [-0.25, -0.2) is 4.79 Å². The van der Waals surface area contributed by atoms with Crippen LogP contribution >= 0.6 is 0 Å². The summed E-state index contributed by atoms with van der Waals surface area (Å²) < 4.78 is 42.7. The van der Waals surface area contributed by atoms with Crippen LogP contribution in [-0.4, -0.2) is 74.9 Å². The van der Waals surface area contributed by atoms with E-state index in [-0.39, 0.29) is 18.0 Å². The minimum atomic E-state index is -4.17. The average molecular weight is 428 g/mol. The van der Waals surface area contributed by atoms with Crippen LogP contribution in [-0.2, 0) is 0 Å². The van der Waals surface area contributed by atoms with Crippen molar-refractivity contribution in [2.75, 3.05) is 52.9 Å². The molecule has 2 unspecified atom stereocenters. The van der Waals surface area contributed by atoms with E-state index in [4.69, 9.17) is 4.74 Å². The van der Waals surface area contributed by atoms with Crippen molar-refractivity contribution < 1.29 is 22.7 Å². The topological polar surface area (TPSA) is 56.8 Å². The number of alkyl halides is 3. The highest BCUT2D eigenvalue weighted by Gasteiger charge is 2.34. The summed E-state index contributed by atoms with van der Waals surface area (Å²) in [5, 5.41) is 5.77. The lowest BCUT2D eigenvalue weighted by atomic mass is 10.1. The van der Waals surface area contributed by atoms with Gasteiger partial charge < -0.3 is 15.4 Å². The number of nitrogens with one attached hydrogen (secondary N) is 2. The molecule has 3 rings (SSSR count). The van der Waals surface area contributed by atoms with Gasteiger partial charge in [-0.1, -0.05) is 12.1 Å². The maximum Gasteiger partial charge on any atom is 0.401 e. The maximum atomic E-state index is 12.5. The molecular weight excluding hydrogens is 397 g/mol. The van der Waals surface area contributed by atoms with E-state index < -0.39 is 12.7 Å². The summed E-state index contributed by atoms with van der Waals surface area (Å²) in [6, 6.07) is 7.70. The minimum absolute atomic E-state index is 0.0501. The minimum Gasteiger partial charge on any atom is -0.497 e. The molecule has 2 N–H and O–H groups in total. The van der Waals surface area contributed by atoms with E-state index in [9.17, 15) is 18.0 Å². The Morgan fingerprint density at radius 1 is 1.17 bits per heavy atom. The van der Waals surface area contributed by atoms with E-state index in [1.165, 1.54) is 4.90 Å². The third-order valence-corrected chi connectivity index (χ3v) is 5.86. The van der Waals surface area contributed by atoms with Crippen LogP contribution in [0.2, 0.25) is 0 Å². The number of methoxy groups -OCH3 is 1. The molecule has 2 aliphatic rings. The van der Waals surface area contributed by atoms with E-state index in [1.807, 2.05) is 24.3 Å². The third kappa shape index (κ3) is 6.77. The SMILES string of the molecule is COc1ccc(C(CNC(=O)NCC2CCN(CC(F)(F)F)C2)N2CCCC2)cc1. The monoisotopic (exact) mass is 428 g/mol. The molecule has 2 heterocycles. The van der Waals surface area contributed by atoms with Gasteiger partial charge in [0.1, 0.15) is 5.75 Å². The predicted octanol–water partition coefficient (Wildman–Crippen LogP) is 3.02. The molecule has 168 valence electrons. The number of urea groups is 1. The van der Waals surface area contributed by atoms with Crippen LogP contribution in [0.25, 0.3) is 0 Å². The van der Waals surface area contributed by atoms with Crippen LogP contribution in [0, 0.1) is 5.92 Å². The van der Waals surface area contributed by atoms with Crippen LogP contribution in [0.1, 0.15) is 30.9 Å². The summed E-state index contributed by atoms with van der Waals surface area (Å²) in [5.74, 6) is 0.842. The standard InChI is InChI=1S/C21H31F3N4O2/c1-30-18-6-4-17(5-7-18)19(28-9-2-3-10-28)13-26-20(29)25-12-16-8-11-27(14-16)15-21(22,23)24/h4-7,16,19H,2-3,8-15H2,1H3,(H2,25,26,29). The highest BCUT2D eigenvalue weighted by atomic mass is 19.4. The van der Waals surface area contributed by atoms with Gasteiger partial charge in [-0.05, 0) is 62.5 Å². The summed E-state index contributed by atoms with van der Waals surface area (Å²) in [4.78, 5) is 16.1. The molecule has 0 radical (unpaired) electrons. The second-order valence-corrected chi connectivity index (χ2v) is 8.13. The van der Waals surface area contributed by atoms with Crippen molar-refractivity contribution in [2.45, 2.75) is 31.5 Å². The van der Waals surface area contributed by atoms with Gasteiger partial charge in [0.15, 0.2) is 0 Å². The number of nitrogens with zero attached hydrogens (tertiary/aromatic N) is 2. The normalized spacial score (nSPS) is 21.5. The first-order chi connectivity index (χ1) is 14.3. The van der Waals surface area contributed by atoms with Crippen LogP contribution < -0.4 is 15.4 Å². The zero-order chi connectivity index (χ0) is 21.6. The summed E-state index contributed by atoms with van der Waals surface area (Å²) in [5.41, 5.74) is 1.12.